The second kappa shape index (κ2) is 6.43. The number of carbonyl (C=O) groups is 1. The molecule has 6 nitrogen and oxygen atoms in total. The van der Waals surface area contributed by atoms with Crippen LogP contribution in [0.4, 0.5) is 19.4 Å². The van der Waals surface area contributed by atoms with Gasteiger partial charge in [-0.3, -0.25) is 0 Å². The van der Waals surface area contributed by atoms with E-state index in [1.807, 2.05) is 9.80 Å². The van der Waals surface area contributed by atoms with E-state index in [-0.39, 0.29) is 18.9 Å². The maximum Gasteiger partial charge on any atom is 0.345 e. The molecule has 0 saturated carbocycles. The Hall–Kier alpha value is -1.70. The predicted molar refractivity (Wildman–Crippen MR) is 97.6 cm³/mol. The predicted octanol–water partition coefficient (Wildman–Crippen LogP) is 2.36. The maximum atomic E-state index is 13.6. The quantitative estimate of drug-likeness (QED) is 0.752. The van der Waals surface area contributed by atoms with Crippen LogP contribution in [0.25, 0.3) is 0 Å². The highest BCUT2D eigenvalue weighted by atomic mass is 19.3. The molecule has 148 valence electrons. The molecule has 4 saturated heterocycles. The Morgan fingerprint density at radius 3 is 2.48 bits per heavy atom. The van der Waals surface area contributed by atoms with Crippen LogP contribution >= 0.6 is 0 Å². The van der Waals surface area contributed by atoms with Crippen LogP contribution in [-0.4, -0.2) is 76.8 Å². The van der Waals surface area contributed by atoms with Crippen LogP contribution in [-0.2, 0) is 12.8 Å². The second-order valence-corrected chi connectivity index (χ2v) is 8.41. The zero-order valence-corrected chi connectivity index (χ0v) is 15.7. The lowest BCUT2D eigenvalue weighted by Gasteiger charge is -2.32. The van der Waals surface area contributed by atoms with Crippen LogP contribution in [0, 0.1) is 0 Å². The van der Waals surface area contributed by atoms with Crippen molar-refractivity contribution in [1.82, 2.24) is 19.6 Å². The molecule has 2 bridgehead atoms. The highest BCUT2D eigenvalue weighted by molar-refractivity contribution is 5.79. The summed E-state index contributed by atoms with van der Waals surface area (Å²) >= 11 is 0. The number of anilines is 1. The number of fused-ring (bicyclic) bond motifs is 5. The minimum atomic E-state index is -2.57. The van der Waals surface area contributed by atoms with E-state index in [0.29, 0.717) is 19.1 Å². The third-order valence-corrected chi connectivity index (χ3v) is 6.79. The van der Waals surface area contributed by atoms with Gasteiger partial charge in [0.15, 0.2) is 5.82 Å². The summed E-state index contributed by atoms with van der Waals surface area (Å²) in [6.07, 6.45) is 4.55. The first-order valence-corrected chi connectivity index (χ1v) is 10.3. The van der Waals surface area contributed by atoms with Gasteiger partial charge in [0, 0.05) is 63.7 Å². The van der Waals surface area contributed by atoms with E-state index in [2.05, 4.69) is 10.00 Å². The Balaban J connectivity index is 1.43. The van der Waals surface area contributed by atoms with Crippen molar-refractivity contribution in [2.75, 3.05) is 44.2 Å². The van der Waals surface area contributed by atoms with E-state index in [0.717, 1.165) is 75.4 Å². The van der Waals surface area contributed by atoms with Gasteiger partial charge in [-0.05, 0) is 32.1 Å². The van der Waals surface area contributed by atoms with E-state index in [1.165, 1.54) is 0 Å². The van der Waals surface area contributed by atoms with Gasteiger partial charge in [0.05, 0.1) is 5.69 Å². The number of carbonyl (C=O) groups excluding carboxylic acids is 1. The van der Waals surface area contributed by atoms with Gasteiger partial charge in [0.25, 0.3) is 5.92 Å². The van der Waals surface area contributed by atoms with Crippen LogP contribution in [0.3, 0.4) is 0 Å². The van der Waals surface area contributed by atoms with Gasteiger partial charge in [-0.1, -0.05) is 0 Å². The summed E-state index contributed by atoms with van der Waals surface area (Å²) in [6, 6.07) is 0.283. The Bertz CT molecular complexity index is 731. The van der Waals surface area contributed by atoms with Crippen molar-refractivity contribution in [2.24, 2.45) is 0 Å². The van der Waals surface area contributed by atoms with Crippen molar-refractivity contribution in [3.05, 3.63) is 11.3 Å². The molecule has 1 aromatic rings. The summed E-state index contributed by atoms with van der Waals surface area (Å²) in [5.74, 6) is -1.80. The highest BCUT2D eigenvalue weighted by Crippen LogP contribution is 2.36. The first-order valence-electron chi connectivity index (χ1n) is 10.3. The SMILES string of the molecule is O=C(N1CCN2CCC1CC2)n1nc(N2CCC(F)(F)CC2)c2c1CCC2. The number of aromatic nitrogens is 2. The van der Waals surface area contributed by atoms with Gasteiger partial charge >= 0.3 is 6.03 Å². The largest absolute Gasteiger partial charge is 0.354 e. The third-order valence-electron chi connectivity index (χ3n) is 6.79. The molecule has 1 aliphatic carbocycles. The first kappa shape index (κ1) is 17.4. The molecular weight excluding hydrogens is 352 g/mol. The van der Waals surface area contributed by atoms with Crippen molar-refractivity contribution in [3.63, 3.8) is 0 Å². The molecule has 27 heavy (non-hydrogen) atoms. The van der Waals surface area contributed by atoms with Gasteiger partial charge in [-0.2, -0.15) is 4.68 Å². The molecule has 4 aliphatic heterocycles. The van der Waals surface area contributed by atoms with E-state index >= 15 is 0 Å². The van der Waals surface area contributed by atoms with Crippen LogP contribution in [0.1, 0.15) is 43.4 Å². The molecule has 0 radical (unpaired) electrons. The smallest absolute Gasteiger partial charge is 0.345 e. The molecule has 0 N–H and O–H groups in total. The average molecular weight is 379 g/mol. The number of piperidine rings is 2. The molecular formula is C19H27F2N5O. The lowest BCUT2D eigenvalue weighted by atomic mass is 10.1. The Kier molecular flexibility index (Phi) is 4.14. The molecule has 0 aromatic carbocycles. The van der Waals surface area contributed by atoms with E-state index in [1.54, 1.807) is 4.68 Å². The Labute approximate surface area is 158 Å². The number of halogens is 2. The van der Waals surface area contributed by atoms with Crippen molar-refractivity contribution >= 4 is 11.8 Å². The van der Waals surface area contributed by atoms with Gasteiger partial charge < -0.3 is 14.7 Å². The second-order valence-electron chi connectivity index (χ2n) is 8.41. The fourth-order valence-electron chi connectivity index (χ4n) is 5.14. The lowest BCUT2D eigenvalue weighted by molar-refractivity contribution is -0.0221. The molecule has 4 fully saturated rings. The fourth-order valence-corrected chi connectivity index (χ4v) is 5.14. The minimum absolute atomic E-state index is 0.0181. The van der Waals surface area contributed by atoms with Gasteiger partial charge in [-0.25, -0.2) is 13.6 Å². The molecule has 0 atom stereocenters. The van der Waals surface area contributed by atoms with Crippen LogP contribution < -0.4 is 4.90 Å². The fraction of sp³-hybridized carbons (Fsp3) is 0.789. The number of alkyl halides is 2. The van der Waals surface area contributed by atoms with Crippen molar-refractivity contribution < 1.29 is 13.6 Å². The highest BCUT2D eigenvalue weighted by Gasteiger charge is 2.39. The molecule has 5 heterocycles. The summed E-state index contributed by atoms with van der Waals surface area (Å²) in [5.41, 5.74) is 2.11. The Morgan fingerprint density at radius 2 is 1.74 bits per heavy atom. The van der Waals surface area contributed by atoms with E-state index < -0.39 is 5.92 Å². The summed E-state index contributed by atoms with van der Waals surface area (Å²) in [6.45, 7) is 4.44. The maximum absolute atomic E-state index is 13.6. The van der Waals surface area contributed by atoms with Crippen LogP contribution in [0.5, 0.6) is 0 Å². The average Bonchev–Trinajstić information content (AvgIpc) is 3.13. The minimum Gasteiger partial charge on any atom is -0.354 e. The lowest BCUT2D eigenvalue weighted by Crippen LogP contribution is -2.44. The van der Waals surface area contributed by atoms with Gasteiger partial charge in [-0.15, -0.1) is 5.10 Å². The number of rotatable bonds is 1. The first-order chi connectivity index (χ1) is 13.0. The van der Waals surface area contributed by atoms with Crippen LogP contribution in [0.15, 0.2) is 0 Å². The number of hydrogen-bond donors (Lipinski definition) is 0. The monoisotopic (exact) mass is 379 g/mol. The molecule has 5 aliphatic rings. The number of hydrogen-bond acceptors (Lipinski definition) is 4. The molecule has 6 rings (SSSR count). The Morgan fingerprint density at radius 1 is 1.00 bits per heavy atom. The molecule has 8 heteroatoms. The van der Waals surface area contributed by atoms with E-state index in [4.69, 9.17) is 0 Å². The molecule has 0 spiro atoms. The summed E-state index contributed by atoms with van der Waals surface area (Å²) in [4.78, 5) is 19.8. The van der Waals surface area contributed by atoms with Crippen molar-refractivity contribution in [3.8, 4) is 0 Å². The van der Waals surface area contributed by atoms with E-state index in [9.17, 15) is 13.6 Å². The summed E-state index contributed by atoms with van der Waals surface area (Å²) in [7, 11) is 0. The normalized spacial score (nSPS) is 29.7. The number of nitrogens with zero attached hydrogens (tertiary/aromatic N) is 5. The molecule has 0 unspecified atom stereocenters. The van der Waals surface area contributed by atoms with Gasteiger partial charge in [0.1, 0.15) is 0 Å². The van der Waals surface area contributed by atoms with Gasteiger partial charge in [0.2, 0.25) is 0 Å². The summed E-state index contributed by atoms with van der Waals surface area (Å²) in [5, 5.41) is 4.68. The molecule has 1 amide bonds. The molecule has 1 aromatic heterocycles. The number of amides is 1. The van der Waals surface area contributed by atoms with Crippen molar-refractivity contribution in [1.29, 1.82) is 0 Å². The van der Waals surface area contributed by atoms with Crippen LogP contribution in [0.2, 0.25) is 0 Å². The zero-order valence-electron chi connectivity index (χ0n) is 15.7. The third kappa shape index (κ3) is 3.02. The van der Waals surface area contributed by atoms with Crippen molar-refractivity contribution in [2.45, 2.75) is 56.9 Å². The standard InChI is InChI=1S/C19H27F2N5O/c20-19(21)6-10-24(11-7-19)17-15-2-1-3-16(15)26(22-17)18(27)25-13-12-23-8-4-14(25)5-9-23/h14H,1-13H2. The summed E-state index contributed by atoms with van der Waals surface area (Å²) < 4.78 is 28.7. The zero-order chi connectivity index (χ0) is 18.6. The topological polar surface area (TPSA) is 44.6 Å².